The largest absolute Gasteiger partial charge is 0.353 e. The van der Waals surface area contributed by atoms with Crippen LogP contribution in [0.5, 0.6) is 0 Å². The van der Waals surface area contributed by atoms with Gasteiger partial charge in [-0.2, -0.15) is 5.26 Å². The van der Waals surface area contributed by atoms with Gasteiger partial charge in [0.05, 0.1) is 28.5 Å². The number of benzene rings is 1. The van der Waals surface area contributed by atoms with Crippen LogP contribution in [-0.2, 0) is 17.2 Å². The van der Waals surface area contributed by atoms with Crippen LogP contribution in [0.15, 0.2) is 18.2 Å². The zero-order valence-corrected chi connectivity index (χ0v) is 12.2. The number of halogens is 1. The molecule has 1 saturated carbocycles. The number of nitrogens with zero attached hydrogens (tertiary/aromatic N) is 3. The lowest BCUT2D eigenvalue weighted by atomic mass is 10.2. The number of rotatable bonds is 5. The number of nitrogens with one attached hydrogen (secondary N) is 1. The van der Waals surface area contributed by atoms with Crippen LogP contribution in [-0.4, -0.2) is 21.5 Å². The molecule has 1 aliphatic rings. The maximum atomic E-state index is 11.8. The molecule has 0 radical (unpaired) electrons. The molecule has 1 aliphatic carbocycles. The molecule has 0 atom stereocenters. The van der Waals surface area contributed by atoms with Gasteiger partial charge in [-0.1, -0.05) is 0 Å². The molecule has 1 heterocycles. The molecule has 1 aromatic carbocycles. The van der Waals surface area contributed by atoms with Crippen molar-refractivity contribution in [3.63, 3.8) is 0 Å². The number of carbonyl (C=O) groups excluding carboxylic acids is 1. The molecule has 1 amide bonds. The van der Waals surface area contributed by atoms with E-state index in [9.17, 15) is 4.79 Å². The Bertz CT molecular complexity index is 727. The van der Waals surface area contributed by atoms with Gasteiger partial charge in [0.2, 0.25) is 5.91 Å². The van der Waals surface area contributed by atoms with Crippen molar-refractivity contribution >= 4 is 28.5 Å². The summed E-state index contributed by atoms with van der Waals surface area (Å²) in [6.45, 7) is 0.520. The highest BCUT2D eigenvalue weighted by molar-refractivity contribution is 6.16. The summed E-state index contributed by atoms with van der Waals surface area (Å²) in [6, 6.07) is 7.82. The number of hydrogen-bond acceptors (Lipinski definition) is 3. The summed E-state index contributed by atoms with van der Waals surface area (Å²) in [6.07, 6.45) is 2.55. The van der Waals surface area contributed by atoms with Gasteiger partial charge in [-0.25, -0.2) is 4.98 Å². The summed E-state index contributed by atoms with van der Waals surface area (Å²) < 4.78 is 1.93. The maximum absolute atomic E-state index is 11.8. The number of aromatic nitrogens is 2. The van der Waals surface area contributed by atoms with E-state index < -0.39 is 0 Å². The van der Waals surface area contributed by atoms with E-state index in [1.807, 2.05) is 10.6 Å². The number of hydrogen-bond donors (Lipinski definition) is 1. The van der Waals surface area contributed by atoms with Crippen LogP contribution < -0.4 is 5.32 Å². The molecule has 0 unspecified atom stereocenters. The van der Waals surface area contributed by atoms with Crippen molar-refractivity contribution in [2.24, 2.45) is 0 Å². The minimum Gasteiger partial charge on any atom is -0.353 e. The van der Waals surface area contributed by atoms with Crippen LogP contribution in [0.4, 0.5) is 0 Å². The molecule has 0 bridgehead atoms. The SMILES string of the molecule is N#Cc1ccc2nc(CCl)n(CCC(=O)NC3CC3)c2c1. The van der Waals surface area contributed by atoms with Crippen molar-refractivity contribution in [1.82, 2.24) is 14.9 Å². The normalized spacial score (nSPS) is 14.1. The Hall–Kier alpha value is -2.06. The predicted octanol–water partition coefficient (Wildman–Crippen LogP) is 2.32. The fourth-order valence-corrected chi connectivity index (χ4v) is 2.54. The zero-order chi connectivity index (χ0) is 14.8. The first-order valence-electron chi connectivity index (χ1n) is 6.96. The second kappa shape index (κ2) is 5.74. The van der Waals surface area contributed by atoms with E-state index in [0.717, 1.165) is 29.7 Å². The lowest BCUT2D eigenvalue weighted by Crippen LogP contribution is -2.26. The van der Waals surface area contributed by atoms with Crippen molar-refractivity contribution < 1.29 is 4.79 Å². The third-order valence-electron chi connectivity index (χ3n) is 3.58. The number of aryl methyl sites for hydroxylation is 1. The molecule has 1 fully saturated rings. The molecule has 0 spiro atoms. The summed E-state index contributed by atoms with van der Waals surface area (Å²) in [5.41, 5.74) is 2.23. The molecular formula is C15H15ClN4O. The summed E-state index contributed by atoms with van der Waals surface area (Å²) >= 11 is 5.94. The molecule has 6 heteroatoms. The minimum atomic E-state index is 0.0521. The summed E-state index contributed by atoms with van der Waals surface area (Å²) in [7, 11) is 0. The Labute approximate surface area is 127 Å². The van der Waals surface area contributed by atoms with Gasteiger partial charge in [-0.3, -0.25) is 4.79 Å². The Morgan fingerprint density at radius 1 is 1.52 bits per heavy atom. The maximum Gasteiger partial charge on any atom is 0.222 e. The molecule has 5 nitrogen and oxygen atoms in total. The fourth-order valence-electron chi connectivity index (χ4n) is 2.33. The number of imidazole rings is 1. The Kier molecular flexibility index (Phi) is 3.80. The number of amides is 1. The van der Waals surface area contributed by atoms with Gasteiger partial charge in [0.25, 0.3) is 0 Å². The quantitative estimate of drug-likeness (QED) is 0.862. The summed E-state index contributed by atoms with van der Waals surface area (Å²) in [4.78, 5) is 16.3. The van der Waals surface area contributed by atoms with E-state index in [4.69, 9.17) is 16.9 Å². The molecule has 108 valence electrons. The Morgan fingerprint density at radius 2 is 2.33 bits per heavy atom. The number of carbonyl (C=O) groups is 1. The topological polar surface area (TPSA) is 70.7 Å². The Balaban J connectivity index is 1.84. The van der Waals surface area contributed by atoms with E-state index in [2.05, 4.69) is 16.4 Å². The van der Waals surface area contributed by atoms with E-state index in [1.165, 1.54) is 0 Å². The average Bonchev–Trinajstić information content (AvgIpc) is 3.23. The van der Waals surface area contributed by atoms with Crippen molar-refractivity contribution in [3.8, 4) is 6.07 Å². The highest BCUT2D eigenvalue weighted by Gasteiger charge is 2.23. The first-order valence-corrected chi connectivity index (χ1v) is 7.49. The van der Waals surface area contributed by atoms with Gasteiger partial charge in [0.15, 0.2) is 0 Å². The van der Waals surface area contributed by atoms with E-state index >= 15 is 0 Å². The van der Waals surface area contributed by atoms with Gasteiger partial charge in [-0.15, -0.1) is 11.6 Å². The highest BCUT2D eigenvalue weighted by atomic mass is 35.5. The summed E-state index contributed by atoms with van der Waals surface area (Å²) in [5.74, 6) is 1.05. The monoisotopic (exact) mass is 302 g/mol. The van der Waals surface area contributed by atoms with Gasteiger partial charge in [0.1, 0.15) is 5.82 Å². The molecule has 2 aromatic rings. The van der Waals surface area contributed by atoms with Crippen LogP contribution in [0, 0.1) is 11.3 Å². The zero-order valence-electron chi connectivity index (χ0n) is 11.5. The lowest BCUT2D eigenvalue weighted by Gasteiger charge is -2.08. The molecule has 0 saturated heterocycles. The molecule has 21 heavy (non-hydrogen) atoms. The van der Waals surface area contributed by atoms with E-state index in [-0.39, 0.29) is 11.8 Å². The van der Waals surface area contributed by atoms with Gasteiger partial charge >= 0.3 is 0 Å². The van der Waals surface area contributed by atoms with Gasteiger partial charge < -0.3 is 9.88 Å². The smallest absolute Gasteiger partial charge is 0.222 e. The molecular weight excluding hydrogens is 288 g/mol. The fraction of sp³-hybridized carbons (Fsp3) is 0.400. The lowest BCUT2D eigenvalue weighted by molar-refractivity contribution is -0.121. The minimum absolute atomic E-state index is 0.0521. The molecule has 0 aliphatic heterocycles. The van der Waals surface area contributed by atoms with Crippen molar-refractivity contribution in [3.05, 3.63) is 29.6 Å². The predicted molar refractivity (Wildman–Crippen MR) is 79.8 cm³/mol. The number of alkyl halides is 1. The van der Waals surface area contributed by atoms with Crippen molar-refractivity contribution in [2.75, 3.05) is 0 Å². The molecule has 1 aromatic heterocycles. The van der Waals surface area contributed by atoms with Crippen LogP contribution >= 0.6 is 11.6 Å². The first kappa shape index (κ1) is 13.9. The highest BCUT2D eigenvalue weighted by Crippen LogP contribution is 2.21. The van der Waals surface area contributed by atoms with Crippen molar-refractivity contribution in [2.45, 2.75) is 37.7 Å². The van der Waals surface area contributed by atoms with Crippen molar-refractivity contribution in [1.29, 1.82) is 5.26 Å². The average molecular weight is 303 g/mol. The number of fused-ring (bicyclic) bond motifs is 1. The summed E-state index contributed by atoms with van der Waals surface area (Å²) in [5, 5.41) is 12.0. The van der Waals surface area contributed by atoms with E-state index in [0.29, 0.717) is 24.6 Å². The molecule has 3 rings (SSSR count). The van der Waals surface area contributed by atoms with Crippen LogP contribution in [0.25, 0.3) is 11.0 Å². The third kappa shape index (κ3) is 3.01. The molecule has 1 N–H and O–H groups in total. The van der Waals surface area contributed by atoms with Crippen LogP contribution in [0.1, 0.15) is 30.7 Å². The van der Waals surface area contributed by atoms with Gasteiger partial charge in [-0.05, 0) is 31.0 Å². The standard InChI is InChI=1S/C15H15ClN4O/c16-8-14-19-12-4-1-10(9-17)7-13(12)20(14)6-5-15(21)18-11-2-3-11/h1,4,7,11H,2-3,5-6,8H2,(H,18,21). The first-order chi connectivity index (χ1) is 10.2. The van der Waals surface area contributed by atoms with E-state index in [1.54, 1.807) is 12.1 Å². The second-order valence-electron chi connectivity index (χ2n) is 5.22. The Morgan fingerprint density at radius 3 is 3.00 bits per heavy atom. The number of nitriles is 1. The van der Waals surface area contributed by atoms with Crippen LogP contribution in [0.3, 0.4) is 0 Å². The van der Waals surface area contributed by atoms with Gasteiger partial charge in [0, 0.05) is 19.0 Å². The van der Waals surface area contributed by atoms with Crippen LogP contribution in [0.2, 0.25) is 0 Å². The third-order valence-corrected chi connectivity index (χ3v) is 3.82. The second-order valence-corrected chi connectivity index (χ2v) is 5.49.